The standard InChI is InChI=1S/C22H30N2O6/c1-22(2)21(27)19(24-9-13-29-14-10-24)18-16(30-22)5-3-15(20(18)26)4-6-17(25)23-7-11-28-12-8-23/h3-6,19,21,26-27H,7-14H2,1-2H3/b6-4+/t19-,21-/m1/s1. The molecule has 1 aromatic rings. The van der Waals surface area contributed by atoms with Crippen molar-refractivity contribution in [3.63, 3.8) is 0 Å². The zero-order chi connectivity index (χ0) is 21.3. The van der Waals surface area contributed by atoms with Gasteiger partial charge in [-0.25, -0.2) is 0 Å². The lowest BCUT2D eigenvalue weighted by molar-refractivity contribution is -0.129. The van der Waals surface area contributed by atoms with E-state index in [0.29, 0.717) is 69.5 Å². The van der Waals surface area contributed by atoms with Crippen LogP contribution in [-0.2, 0) is 14.3 Å². The summed E-state index contributed by atoms with van der Waals surface area (Å²) in [7, 11) is 0. The number of ether oxygens (including phenoxy) is 3. The minimum absolute atomic E-state index is 0.0320. The molecule has 8 nitrogen and oxygen atoms in total. The average molecular weight is 418 g/mol. The molecular formula is C22H30N2O6. The SMILES string of the molecule is CC1(C)Oc2ccc(/C=C/C(=O)N3CCOCC3)c(O)c2[C@@H](N2CCOCC2)[C@H]1O. The number of amides is 1. The number of aromatic hydroxyl groups is 1. The molecular weight excluding hydrogens is 388 g/mol. The van der Waals surface area contributed by atoms with Crippen LogP contribution >= 0.6 is 0 Å². The number of rotatable bonds is 3. The molecule has 0 unspecified atom stereocenters. The molecule has 3 heterocycles. The van der Waals surface area contributed by atoms with Gasteiger partial charge in [-0.15, -0.1) is 0 Å². The van der Waals surface area contributed by atoms with Gasteiger partial charge < -0.3 is 29.3 Å². The Labute approximate surface area is 176 Å². The van der Waals surface area contributed by atoms with Crippen LogP contribution in [0.25, 0.3) is 6.08 Å². The van der Waals surface area contributed by atoms with Crippen molar-refractivity contribution in [2.24, 2.45) is 0 Å². The van der Waals surface area contributed by atoms with Crippen molar-refractivity contribution in [3.05, 3.63) is 29.3 Å². The van der Waals surface area contributed by atoms with E-state index in [4.69, 9.17) is 14.2 Å². The number of benzene rings is 1. The van der Waals surface area contributed by atoms with E-state index in [1.165, 1.54) is 6.08 Å². The van der Waals surface area contributed by atoms with Crippen molar-refractivity contribution >= 4 is 12.0 Å². The predicted octanol–water partition coefficient (Wildman–Crippen LogP) is 1.17. The zero-order valence-corrected chi connectivity index (χ0v) is 17.5. The smallest absolute Gasteiger partial charge is 0.246 e. The molecule has 8 heteroatoms. The monoisotopic (exact) mass is 418 g/mol. The fraction of sp³-hybridized carbons (Fsp3) is 0.591. The Bertz CT molecular complexity index is 812. The van der Waals surface area contributed by atoms with Gasteiger partial charge in [0.05, 0.1) is 38.0 Å². The van der Waals surface area contributed by atoms with Crippen molar-refractivity contribution in [2.45, 2.75) is 31.6 Å². The number of nitrogens with zero attached hydrogens (tertiary/aromatic N) is 2. The molecule has 0 spiro atoms. The lowest BCUT2D eigenvalue weighted by atomic mass is 9.84. The number of fused-ring (bicyclic) bond motifs is 1. The first-order valence-electron chi connectivity index (χ1n) is 10.5. The van der Waals surface area contributed by atoms with E-state index in [-0.39, 0.29) is 11.7 Å². The molecule has 30 heavy (non-hydrogen) atoms. The predicted molar refractivity (Wildman–Crippen MR) is 110 cm³/mol. The molecule has 0 bridgehead atoms. The molecule has 0 aliphatic carbocycles. The molecule has 3 aliphatic heterocycles. The molecule has 2 N–H and O–H groups in total. The van der Waals surface area contributed by atoms with E-state index in [1.54, 1.807) is 23.1 Å². The Morgan fingerprint density at radius 1 is 1.10 bits per heavy atom. The quantitative estimate of drug-likeness (QED) is 0.712. The molecule has 4 rings (SSSR count). The van der Waals surface area contributed by atoms with Gasteiger partial charge >= 0.3 is 0 Å². The van der Waals surface area contributed by atoms with E-state index in [0.717, 1.165) is 0 Å². The summed E-state index contributed by atoms with van der Waals surface area (Å²) in [6, 6.07) is 3.12. The van der Waals surface area contributed by atoms with Crippen LogP contribution in [0.1, 0.15) is 31.0 Å². The largest absolute Gasteiger partial charge is 0.507 e. The Morgan fingerprint density at radius 3 is 2.40 bits per heavy atom. The molecule has 1 aromatic carbocycles. The topological polar surface area (TPSA) is 91.7 Å². The van der Waals surface area contributed by atoms with Crippen molar-refractivity contribution in [1.29, 1.82) is 0 Å². The normalized spacial score (nSPS) is 27.0. The average Bonchev–Trinajstić information content (AvgIpc) is 2.75. The van der Waals surface area contributed by atoms with Crippen LogP contribution in [0.5, 0.6) is 11.5 Å². The van der Waals surface area contributed by atoms with Crippen LogP contribution < -0.4 is 4.74 Å². The highest BCUT2D eigenvalue weighted by molar-refractivity contribution is 5.92. The second kappa shape index (κ2) is 8.55. The van der Waals surface area contributed by atoms with E-state index in [1.807, 2.05) is 13.8 Å². The first-order chi connectivity index (χ1) is 14.4. The Balaban J connectivity index is 1.65. The van der Waals surface area contributed by atoms with Gasteiger partial charge in [0.15, 0.2) is 0 Å². The van der Waals surface area contributed by atoms with Gasteiger partial charge in [0.25, 0.3) is 0 Å². The molecule has 0 radical (unpaired) electrons. The van der Waals surface area contributed by atoms with Crippen LogP contribution in [0.15, 0.2) is 18.2 Å². The van der Waals surface area contributed by atoms with Crippen molar-refractivity contribution in [1.82, 2.24) is 9.80 Å². The number of carbonyl (C=O) groups excluding carboxylic acids is 1. The molecule has 3 aliphatic rings. The Hall–Kier alpha value is -2.13. The third-order valence-electron chi connectivity index (χ3n) is 6.06. The lowest BCUT2D eigenvalue weighted by Crippen LogP contribution is -2.55. The van der Waals surface area contributed by atoms with Crippen LogP contribution in [0, 0.1) is 0 Å². The summed E-state index contributed by atoms with van der Waals surface area (Å²) in [6.07, 6.45) is 2.26. The van der Waals surface area contributed by atoms with Crippen molar-refractivity contribution in [3.8, 4) is 11.5 Å². The maximum Gasteiger partial charge on any atom is 0.246 e. The summed E-state index contributed by atoms with van der Waals surface area (Å²) in [4.78, 5) is 16.3. The van der Waals surface area contributed by atoms with Crippen LogP contribution in [-0.4, -0.2) is 90.2 Å². The number of phenolic OH excluding ortho intramolecular Hbond substituents is 1. The molecule has 0 saturated carbocycles. The number of hydrogen-bond acceptors (Lipinski definition) is 7. The summed E-state index contributed by atoms with van der Waals surface area (Å²) < 4.78 is 16.8. The Kier molecular flexibility index (Phi) is 6.02. The van der Waals surface area contributed by atoms with Gasteiger partial charge in [-0.1, -0.05) is 0 Å². The summed E-state index contributed by atoms with van der Waals surface area (Å²) in [5, 5.41) is 22.2. The number of aliphatic hydroxyl groups is 1. The highest BCUT2D eigenvalue weighted by atomic mass is 16.5. The minimum Gasteiger partial charge on any atom is -0.507 e. The van der Waals surface area contributed by atoms with Crippen LogP contribution in [0.2, 0.25) is 0 Å². The van der Waals surface area contributed by atoms with E-state index in [9.17, 15) is 15.0 Å². The van der Waals surface area contributed by atoms with Gasteiger partial charge in [-0.05, 0) is 32.1 Å². The van der Waals surface area contributed by atoms with Gasteiger partial charge in [0.2, 0.25) is 5.91 Å². The number of morpholine rings is 2. The first kappa shape index (κ1) is 21.1. The highest BCUT2D eigenvalue weighted by Gasteiger charge is 2.47. The van der Waals surface area contributed by atoms with Gasteiger partial charge in [0, 0.05) is 37.8 Å². The molecule has 1 amide bonds. The van der Waals surface area contributed by atoms with E-state index >= 15 is 0 Å². The van der Waals surface area contributed by atoms with Gasteiger partial charge in [-0.3, -0.25) is 9.69 Å². The molecule has 2 saturated heterocycles. The third-order valence-corrected chi connectivity index (χ3v) is 6.06. The molecule has 2 fully saturated rings. The lowest BCUT2D eigenvalue weighted by Gasteiger charge is -2.47. The highest BCUT2D eigenvalue weighted by Crippen LogP contribution is 2.48. The van der Waals surface area contributed by atoms with Gasteiger partial charge in [-0.2, -0.15) is 0 Å². The van der Waals surface area contributed by atoms with E-state index in [2.05, 4.69) is 4.90 Å². The van der Waals surface area contributed by atoms with Crippen LogP contribution in [0.4, 0.5) is 0 Å². The number of aliphatic hydroxyl groups excluding tert-OH is 1. The number of carbonyl (C=O) groups is 1. The summed E-state index contributed by atoms with van der Waals surface area (Å²) in [5.74, 6) is 0.470. The maximum absolute atomic E-state index is 12.4. The first-order valence-corrected chi connectivity index (χ1v) is 10.5. The van der Waals surface area contributed by atoms with Crippen LogP contribution in [0.3, 0.4) is 0 Å². The van der Waals surface area contributed by atoms with Crippen molar-refractivity contribution in [2.75, 3.05) is 52.6 Å². The molecule has 164 valence electrons. The van der Waals surface area contributed by atoms with E-state index < -0.39 is 17.7 Å². The fourth-order valence-electron chi connectivity index (χ4n) is 4.29. The summed E-state index contributed by atoms with van der Waals surface area (Å²) >= 11 is 0. The summed E-state index contributed by atoms with van der Waals surface area (Å²) in [6.45, 7) is 8.37. The second-order valence-corrected chi connectivity index (χ2v) is 8.43. The fourth-order valence-corrected chi connectivity index (χ4v) is 4.29. The number of phenols is 1. The third kappa shape index (κ3) is 4.05. The summed E-state index contributed by atoms with van der Waals surface area (Å²) in [5.41, 5.74) is 0.278. The Morgan fingerprint density at radius 2 is 1.73 bits per heavy atom. The van der Waals surface area contributed by atoms with Gasteiger partial charge in [0.1, 0.15) is 23.2 Å². The minimum atomic E-state index is -0.830. The van der Waals surface area contributed by atoms with Crippen molar-refractivity contribution < 1.29 is 29.2 Å². The number of hydrogen-bond donors (Lipinski definition) is 2. The maximum atomic E-state index is 12.4. The zero-order valence-electron chi connectivity index (χ0n) is 17.5. The second-order valence-electron chi connectivity index (χ2n) is 8.43. The molecule has 2 atom stereocenters. The molecule has 0 aromatic heterocycles.